The van der Waals surface area contributed by atoms with Gasteiger partial charge in [0.2, 0.25) is 0 Å². The van der Waals surface area contributed by atoms with Crippen molar-refractivity contribution in [3.05, 3.63) is 60.7 Å². The fourth-order valence-corrected chi connectivity index (χ4v) is 2.57. The highest BCUT2D eigenvalue weighted by Crippen LogP contribution is 2.35. The van der Waals surface area contributed by atoms with Crippen LogP contribution in [0.25, 0.3) is 10.8 Å². The summed E-state index contributed by atoms with van der Waals surface area (Å²) in [6.07, 6.45) is 0. The fraction of sp³-hybridized carbons (Fsp3) is 0. The normalized spacial score (nSPS) is 11.1. The molecule has 0 saturated heterocycles. The first-order valence-corrected chi connectivity index (χ1v) is 7.70. The van der Waals surface area contributed by atoms with Gasteiger partial charge in [-0.2, -0.15) is 5.11 Å². The summed E-state index contributed by atoms with van der Waals surface area (Å²) in [5.74, 6) is 0.0218. The van der Waals surface area contributed by atoms with Crippen molar-refractivity contribution in [3.63, 3.8) is 0 Å². The zero-order valence-electron chi connectivity index (χ0n) is 11.4. The molecule has 3 aromatic rings. The van der Waals surface area contributed by atoms with Gasteiger partial charge in [-0.1, -0.05) is 36.4 Å². The molecule has 0 aliphatic heterocycles. The minimum atomic E-state index is -2.66. The molecule has 0 heterocycles. The van der Waals surface area contributed by atoms with Gasteiger partial charge in [-0.15, -0.1) is 5.11 Å². The van der Waals surface area contributed by atoms with Crippen LogP contribution in [0.15, 0.2) is 70.9 Å². The molecular weight excluding hydrogens is 299 g/mol. The van der Waals surface area contributed by atoms with Gasteiger partial charge in [0.05, 0.1) is 11.0 Å². The third-order valence-corrected chi connectivity index (χ3v) is 3.89. The summed E-state index contributed by atoms with van der Waals surface area (Å²) >= 11 is 0. The summed E-state index contributed by atoms with van der Waals surface area (Å²) in [5, 5.41) is 20.0. The highest BCUT2D eigenvalue weighted by molar-refractivity contribution is 7.40. The molecule has 0 aromatic heterocycles. The molecule has 0 aliphatic carbocycles. The molecule has 6 heteroatoms. The van der Waals surface area contributed by atoms with E-state index in [9.17, 15) is 14.2 Å². The van der Waals surface area contributed by atoms with Gasteiger partial charge in [0.25, 0.3) is 0 Å². The summed E-state index contributed by atoms with van der Waals surface area (Å²) in [7, 11) is -2.66. The van der Waals surface area contributed by atoms with Crippen LogP contribution in [0.2, 0.25) is 0 Å². The lowest BCUT2D eigenvalue weighted by atomic mass is 10.1. The molecule has 22 heavy (non-hydrogen) atoms. The number of azo groups is 1. The van der Waals surface area contributed by atoms with E-state index in [2.05, 4.69) is 10.2 Å². The first-order valence-electron chi connectivity index (χ1n) is 6.52. The summed E-state index contributed by atoms with van der Waals surface area (Å²) in [6.45, 7) is 0. The van der Waals surface area contributed by atoms with Crippen LogP contribution in [-0.4, -0.2) is 5.11 Å². The first kappa shape index (κ1) is 14.2. The van der Waals surface area contributed by atoms with Gasteiger partial charge in [-0.05, 0) is 29.7 Å². The second kappa shape index (κ2) is 5.92. The number of phenols is 1. The lowest BCUT2D eigenvalue weighted by Gasteiger charge is -2.03. The molecule has 108 valence electrons. The van der Waals surface area contributed by atoms with Gasteiger partial charge in [0.1, 0.15) is 11.4 Å². The van der Waals surface area contributed by atoms with Crippen LogP contribution in [0.1, 0.15) is 0 Å². The molecule has 0 saturated carbocycles. The van der Waals surface area contributed by atoms with Crippen molar-refractivity contribution >= 4 is 35.1 Å². The smallest absolute Gasteiger partial charge is 0.348 e. The molecule has 5 nitrogen and oxygen atoms in total. The Labute approximate surface area is 126 Å². The molecule has 0 amide bonds. The largest absolute Gasteiger partial charge is 0.506 e. The standard InChI is InChI=1S/C16H11N2O3P/c19-15-9-8-11-4-1-2-7-14(11)16(15)18-17-12-5-3-6-13(10-12)22(20)21/h1-10,19H. The molecular formula is C16H11N2O3P. The molecule has 0 spiro atoms. The monoisotopic (exact) mass is 310 g/mol. The predicted octanol–water partition coefficient (Wildman–Crippen LogP) is 4.76. The fourth-order valence-electron chi connectivity index (χ4n) is 2.13. The van der Waals surface area contributed by atoms with Crippen LogP contribution >= 0.6 is 7.68 Å². The Hall–Kier alpha value is -2.78. The highest BCUT2D eigenvalue weighted by Gasteiger charge is 2.06. The second-order valence-electron chi connectivity index (χ2n) is 4.63. The Kier molecular flexibility index (Phi) is 3.81. The zero-order chi connectivity index (χ0) is 15.5. The molecule has 3 aromatic carbocycles. The van der Waals surface area contributed by atoms with Crippen LogP contribution in [0.5, 0.6) is 5.75 Å². The Morgan fingerprint density at radius 1 is 0.864 bits per heavy atom. The van der Waals surface area contributed by atoms with Crippen molar-refractivity contribution in [1.82, 2.24) is 0 Å². The number of hydrogen-bond acceptors (Lipinski definition) is 5. The highest BCUT2D eigenvalue weighted by atomic mass is 31.1. The second-order valence-corrected chi connectivity index (χ2v) is 5.66. The van der Waals surface area contributed by atoms with Gasteiger partial charge in [0.15, 0.2) is 0 Å². The molecule has 0 bridgehead atoms. The van der Waals surface area contributed by atoms with Crippen molar-refractivity contribution in [2.24, 2.45) is 10.2 Å². The quantitative estimate of drug-likeness (QED) is 0.559. The molecule has 0 atom stereocenters. The van der Waals surface area contributed by atoms with Gasteiger partial charge in [-0.25, -0.2) is 9.13 Å². The number of aromatic hydroxyl groups is 1. The van der Waals surface area contributed by atoms with E-state index < -0.39 is 7.68 Å². The van der Waals surface area contributed by atoms with Crippen LogP contribution in [-0.2, 0) is 9.13 Å². The van der Waals surface area contributed by atoms with E-state index in [-0.39, 0.29) is 11.1 Å². The van der Waals surface area contributed by atoms with E-state index in [1.165, 1.54) is 12.1 Å². The van der Waals surface area contributed by atoms with Gasteiger partial charge in [-0.3, -0.25) is 0 Å². The third kappa shape index (κ3) is 2.80. The Balaban J connectivity index is 2.06. The van der Waals surface area contributed by atoms with Crippen molar-refractivity contribution in [1.29, 1.82) is 0 Å². The number of hydrogen-bond donors (Lipinski definition) is 1. The topological polar surface area (TPSA) is 79.1 Å². The van der Waals surface area contributed by atoms with Gasteiger partial charge < -0.3 is 5.11 Å². The molecule has 1 N–H and O–H groups in total. The van der Waals surface area contributed by atoms with E-state index in [4.69, 9.17) is 0 Å². The van der Waals surface area contributed by atoms with Crippen LogP contribution in [0.3, 0.4) is 0 Å². The average Bonchev–Trinajstić information content (AvgIpc) is 2.54. The number of benzene rings is 3. The van der Waals surface area contributed by atoms with E-state index in [1.54, 1.807) is 24.3 Å². The Morgan fingerprint density at radius 2 is 1.68 bits per heavy atom. The number of rotatable bonds is 3. The lowest BCUT2D eigenvalue weighted by molar-refractivity contribution is 0.477. The first-order chi connectivity index (χ1) is 10.6. The summed E-state index contributed by atoms with van der Waals surface area (Å²) in [5.41, 5.74) is 0.763. The predicted molar refractivity (Wildman–Crippen MR) is 84.2 cm³/mol. The van der Waals surface area contributed by atoms with E-state index in [1.807, 2.05) is 24.3 Å². The minimum Gasteiger partial charge on any atom is -0.506 e. The summed E-state index contributed by atoms with van der Waals surface area (Å²) in [4.78, 5) is 0. The maximum Gasteiger partial charge on any atom is 0.348 e. The molecule has 0 radical (unpaired) electrons. The van der Waals surface area contributed by atoms with Crippen LogP contribution in [0.4, 0.5) is 11.4 Å². The van der Waals surface area contributed by atoms with Gasteiger partial charge >= 0.3 is 7.68 Å². The summed E-state index contributed by atoms with van der Waals surface area (Å²) < 4.78 is 22.0. The minimum absolute atomic E-state index is 0.0218. The number of phenolic OH excluding ortho intramolecular Hbond substituents is 1. The molecule has 0 unspecified atom stereocenters. The van der Waals surface area contributed by atoms with Crippen molar-refractivity contribution in [3.8, 4) is 5.75 Å². The van der Waals surface area contributed by atoms with E-state index in [0.29, 0.717) is 11.4 Å². The Bertz CT molecular complexity index is 941. The number of nitrogens with zero attached hydrogens (tertiary/aromatic N) is 2. The third-order valence-electron chi connectivity index (χ3n) is 3.19. The SMILES string of the molecule is O=P(=O)c1cccc(N=Nc2c(O)ccc3ccccc23)c1. The van der Waals surface area contributed by atoms with E-state index in [0.717, 1.165) is 10.8 Å². The van der Waals surface area contributed by atoms with Crippen molar-refractivity contribution in [2.75, 3.05) is 0 Å². The van der Waals surface area contributed by atoms with Crippen LogP contribution in [0, 0.1) is 0 Å². The summed E-state index contributed by atoms with van der Waals surface area (Å²) in [6, 6.07) is 17.0. The average molecular weight is 310 g/mol. The van der Waals surface area contributed by atoms with Crippen LogP contribution < -0.4 is 5.30 Å². The van der Waals surface area contributed by atoms with E-state index >= 15 is 0 Å². The molecule has 3 rings (SSSR count). The lowest BCUT2D eigenvalue weighted by Crippen LogP contribution is -1.89. The maximum absolute atomic E-state index is 11.0. The molecule has 0 fully saturated rings. The molecule has 0 aliphatic rings. The zero-order valence-corrected chi connectivity index (χ0v) is 12.3. The van der Waals surface area contributed by atoms with Crippen molar-refractivity contribution in [2.45, 2.75) is 0 Å². The Morgan fingerprint density at radius 3 is 2.50 bits per heavy atom. The maximum atomic E-state index is 11.0. The van der Waals surface area contributed by atoms with Crippen molar-refractivity contribution < 1.29 is 14.2 Å². The number of fused-ring (bicyclic) bond motifs is 1. The van der Waals surface area contributed by atoms with Gasteiger partial charge in [0, 0.05) is 5.39 Å².